The molecule has 246 valence electrons. The van der Waals surface area contributed by atoms with Gasteiger partial charge in [-0.05, 0) is 67.5 Å². The molecule has 1 atom stereocenters. The highest BCUT2D eigenvalue weighted by molar-refractivity contribution is 6.31. The van der Waals surface area contributed by atoms with Crippen LogP contribution in [0, 0.1) is 0 Å². The van der Waals surface area contributed by atoms with Crippen molar-refractivity contribution < 1.29 is 28.6 Å². The summed E-state index contributed by atoms with van der Waals surface area (Å²) in [5, 5.41) is 2.27. The number of hydrogen-bond acceptors (Lipinski definition) is 11. The molecule has 1 aliphatic heterocycles. The highest BCUT2D eigenvalue weighted by Crippen LogP contribution is 2.22. The fourth-order valence-electron chi connectivity index (χ4n) is 4.41. The lowest BCUT2D eigenvalue weighted by Crippen LogP contribution is -2.38. The quantitative estimate of drug-likeness (QED) is 0.110. The van der Waals surface area contributed by atoms with Crippen LogP contribution in [0.3, 0.4) is 0 Å². The molecule has 1 unspecified atom stereocenters. The fourth-order valence-corrected chi connectivity index (χ4v) is 4.54. The molecule has 3 aromatic rings. The third kappa shape index (κ3) is 9.84. The van der Waals surface area contributed by atoms with Crippen molar-refractivity contribution in [2.45, 2.75) is 44.8 Å². The topological polar surface area (TPSA) is 210 Å². The molecule has 2 heterocycles. The molecule has 4 rings (SSSR count). The Kier molecular flexibility index (Phi) is 13.2. The zero-order valence-corrected chi connectivity index (χ0v) is 26.7. The number of nitrogens with zero attached hydrogens (tertiary/aromatic N) is 4. The van der Waals surface area contributed by atoms with Crippen molar-refractivity contribution in [2.24, 2.45) is 10.7 Å². The second-order valence-electron chi connectivity index (χ2n) is 10.1. The first-order valence-corrected chi connectivity index (χ1v) is 14.6. The van der Waals surface area contributed by atoms with Crippen LogP contribution in [0.5, 0.6) is 11.5 Å². The molecule has 1 saturated heterocycles. The maximum absolute atomic E-state index is 12.7. The van der Waals surface area contributed by atoms with E-state index in [1.165, 1.54) is 0 Å². The molecular weight excluding hydrogens is 639 g/mol. The number of carbonyl (C=O) groups excluding carboxylic acids is 3. The van der Waals surface area contributed by atoms with Crippen LogP contribution in [0.1, 0.15) is 47.3 Å². The normalized spacial score (nSPS) is 14.4. The maximum atomic E-state index is 12.7. The Hall–Kier alpha value is -4.82. The largest absolute Gasteiger partial charge is 0.497 e. The summed E-state index contributed by atoms with van der Waals surface area (Å²) in [6.07, 6.45) is 1.87. The number of aliphatic imine (C=N–C) groups is 1. The van der Waals surface area contributed by atoms with E-state index in [0.29, 0.717) is 37.5 Å². The van der Waals surface area contributed by atoms with E-state index in [1.807, 2.05) is 24.3 Å². The first kappa shape index (κ1) is 35.7. The average molecular weight is 676 g/mol. The number of nitrogens with two attached hydrogens (primary N) is 3. The van der Waals surface area contributed by atoms with Crippen molar-refractivity contribution in [1.29, 1.82) is 0 Å². The van der Waals surface area contributed by atoms with Crippen LogP contribution in [-0.4, -0.2) is 65.1 Å². The SMILES string of the molecule is COc1ccc(CN2C(=O)OC(CCCOc3ccc(CCCCN=C(N)NC(=O)c4nc(Cl)c(N)nc4N)cc3)C2=O)cc1.Cl. The summed E-state index contributed by atoms with van der Waals surface area (Å²) in [4.78, 5) is 50.1. The minimum Gasteiger partial charge on any atom is -0.497 e. The van der Waals surface area contributed by atoms with Crippen LogP contribution >= 0.6 is 24.0 Å². The van der Waals surface area contributed by atoms with Crippen LogP contribution in [0.15, 0.2) is 53.5 Å². The van der Waals surface area contributed by atoms with E-state index in [-0.39, 0.29) is 53.3 Å². The molecule has 2 aromatic carbocycles. The molecule has 1 aromatic heterocycles. The number of imide groups is 1. The molecular formula is C30H36Cl2N8O6. The predicted molar refractivity (Wildman–Crippen MR) is 175 cm³/mol. The summed E-state index contributed by atoms with van der Waals surface area (Å²) in [7, 11) is 1.57. The molecule has 46 heavy (non-hydrogen) atoms. The number of unbranched alkanes of at least 4 members (excludes halogenated alkanes) is 1. The van der Waals surface area contributed by atoms with E-state index in [9.17, 15) is 14.4 Å². The number of rotatable bonds is 14. The van der Waals surface area contributed by atoms with Crippen molar-refractivity contribution in [3.8, 4) is 11.5 Å². The van der Waals surface area contributed by atoms with Gasteiger partial charge in [0.1, 0.15) is 11.5 Å². The molecule has 0 saturated carbocycles. The first-order chi connectivity index (χ1) is 21.6. The highest BCUT2D eigenvalue weighted by Gasteiger charge is 2.40. The minimum absolute atomic E-state index is 0. The predicted octanol–water partition coefficient (Wildman–Crippen LogP) is 3.50. The summed E-state index contributed by atoms with van der Waals surface area (Å²) in [6, 6.07) is 14.9. The number of nitrogen functional groups attached to an aromatic ring is 2. The summed E-state index contributed by atoms with van der Waals surface area (Å²) >= 11 is 5.80. The lowest BCUT2D eigenvalue weighted by atomic mass is 10.1. The van der Waals surface area contributed by atoms with Gasteiger partial charge in [0, 0.05) is 6.54 Å². The van der Waals surface area contributed by atoms with Crippen LogP contribution in [0.25, 0.3) is 0 Å². The van der Waals surface area contributed by atoms with E-state index in [4.69, 9.17) is 43.0 Å². The van der Waals surface area contributed by atoms with Crippen LogP contribution in [0.4, 0.5) is 16.4 Å². The molecule has 0 bridgehead atoms. The molecule has 3 amide bonds. The number of cyclic esters (lactones) is 1. The third-order valence-electron chi connectivity index (χ3n) is 6.82. The highest BCUT2D eigenvalue weighted by atomic mass is 35.5. The van der Waals surface area contributed by atoms with Gasteiger partial charge in [-0.2, -0.15) is 0 Å². The van der Waals surface area contributed by atoms with E-state index in [0.717, 1.165) is 35.3 Å². The van der Waals surface area contributed by atoms with Gasteiger partial charge >= 0.3 is 6.09 Å². The van der Waals surface area contributed by atoms with Gasteiger partial charge in [-0.25, -0.2) is 19.7 Å². The van der Waals surface area contributed by atoms with Gasteiger partial charge in [-0.15, -0.1) is 12.4 Å². The summed E-state index contributed by atoms with van der Waals surface area (Å²) < 4.78 is 16.2. The monoisotopic (exact) mass is 674 g/mol. The van der Waals surface area contributed by atoms with Gasteiger partial charge in [-0.1, -0.05) is 35.9 Å². The zero-order valence-electron chi connectivity index (χ0n) is 25.1. The summed E-state index contributed by atoms with van der Waals surface area (Å²) in [5.74, 6) is 0.0520. The molecule has 0 aliphatic carbocycles. The van der Waals surface area contributed by atoms with Gasteiger partial charge in [0.05, 0.1) is 20.3 Å². The molecule has 14 nitrogen and oxygen atoms in total. The van der Waals surface area contributed by atoms with Gasteiger partial charge in [0.15, 0.2) is 34.5 Å². The number of hydrogen-bond donors (Lipinski definition) is 4. The van der Waals surface area contributed by atoms with E-state index >= 15 is 0 Å². The van der Waals surface area contributed by atoms with Gasteiger partial charge in [0.2, 0.25) is 0 Å². The van der Waals surface area contributed by atoms with Crippen LogP contribution < -0.4 is 32.0 Å². The fraction of sp³-hybridized carbons (Fsp3) is 0.333. The van der Waals surface area contributed by atoms with E-state index in [2.05, 4.69) is 20.3 Å². The maximum Gasteiger partial charge on any atom is 0.417 e. The number of carbonyl (C=O) groups is 3. The van der Waals surface area contributed by atoms with Crippen molar-refractivity contribution in [3.63, 3.8) is 0 Å². The van der Waals surface area contributed by atoms with Crippen molar-refractivity contribution >= 4 is 59.5 Å². The Balaban J connectivity index is 0.00000576. The number of ether oxygens (including phenoxy) is 3. The lowest BCUT2D eigenvalue weighted by Gasteiger charge is -2.12. The molecule has 0 radical (unpaired) electrons. The van der Waals surface area contributed by atoms with Gasteiger partial charge in [0.25, 0.3) is 11.8 Å². The Morgan fingerprint density at radius 3 is 2.37 bits per heavy atom. The van der Waals surface area contributed by atoms with Crippen molar-refractivity contribution in [1.82, 2.24) is 20.2 Å². The van der Waals surface area contributed by atoms with Crippen LogP contribution in [-0.2, 0) is 22.5 Å². The molecule has 16 heteroatoms. The molecule has 1 aliphatic rings. The zero-order chi connectivity index (χ0) is 32.3. The number of aromatic nitrogens is 2. The van der Waals surface area contributed by atoms with Crippen LogP contribution in [0.2, 0.25) is 5.15 Å². The number of halogens is 2. The molecule has 1 fully saturated rings. The number of nitrogens with one attached hydrogen (secondary N) is 1. The van der Waals surface area contributed by atoms with Crippen molar-refractivity contribution in [3.05, 3.63) is 70.5 Å². The number of guanidine groups is 1. The Morgan fingerprint density at radius 2 is 1.67 bits per heavy atom. The van der Waals surface area contributed by atoms with Gasteiger partial charge in [-0.3, -0.25) is 19.9 Å². The number of benzene rings is 2. The molecule has 7 N–H and O–H groups in total. The van der Waals surface area contributed by atoms with E-state index < -0.39 is 18.1 Å². The Labute approximate surface area is 277 Å². The Morgan fingerprint density at radius 1 is 1.00 bits per heavy atom. The number of amides is 3. The summed E-state index contributed by atoms with van der Waals surface area (Å²) in [6.45, 7) is 0.933. The van der Waals surface area contributed by atoms with Gasteiger partial charge < -0.3 is 31.4 Å². The third-order valence-corrected chi connectivity index (χ3v) is 7.10. The second-order valence-corrected chi connectivity index (χ2v) is 10.4. The van der Waals surface area contributed by atoms with Crippen molar-refractivity contribution in [2.75, 3.05) is 31.7 Å². The number of anilines is 2. The second kappa shape index (κ2) is 17.0. The average Bonchev–Trinajstić information content (AvgIpc) is 3.29. The standard InChI is InChI=1S/C30H35ClN8O6.ClH/c1-43-20-11-9-19(10-12-20)17-39-28(41)22(45-30(39)42)6-4-16-44-21-13-7-18(8-14-21)5-2-3-15-35-29(34)38-27(40)23-25(32)37-26(33)24(31)36-23;/h7-14,22H,2-6,15-17H2,1H3,(H4,32,33,37)(H3,34,35,38,40);1H. The lowest BCUT2D eigenvalue weighted by molar-refractivity contribution is -0.130. The number of methoxy groups -OCH3 is 1. The molecule has 0 spiro atoms. The number of aryl methyl sites for hydroxylation is 1. The Bertz CT molecular complexity index is 1540. The first-order valence-electron chi connectivity index (χ1n) is 14.2. The minimum atomic E-state index is -0.811. The van der Waals surface area contributed by atoms with E-state index in [1.54, 1.807) is 31.4 Å². The summed E-state index contributed by atoms with van der Waals surface area (Å²) in [5.41, 5.74) is 18.7. The smallest absolute Gasteiger partial charge is 0.417 e.